The first-order valence-corrected chi connectivity index (χ1v) is 11.1. The number of aliphatic carboxylic acids is 1. The summed E-state index contributed by atoms with van der Waals surface area (Å²) in [6.07, 6.45) is 3.03. The molecule has 0 saturated heterocycles. The van der Waals surface area contributed by atoms with E-state index in [9.17, 15) is 24.0 Å². The van der Waals surface area contributed by atoms with Crippen LogP contribution in [-0.4, -0.2) is 81.3 Å². The quantitative estimate of drug-likeness (QED) is 0.0592. The Balaban J connectivity index is 2.95. The molecule has 0 aliphatic heterocycles. The number of H-pyrrole nitrogens is 1. The molecule has 36 heavy (non-hydrogen) atoms. The van der Waals surface area contributed by atoms with Gasteiger partial charge in [-0.3, -0.25) is 29.0 Å². The standard InChI is InChI=1S/C20H34N10O6/c1-10(19(35)36)28-17(33)13(4-5-15(22)31)29-18(34)14(7-11-8-25-9-27-11)30-16(32)12(21)3-2-6-26-20(23)24/h8-10,12-14H,2-7,21H2,1H3,(H2,22,31)(H,25,27)(H,28,33)(H,29,34)(H,30,32)(H,35,36)(H4,23,24,26). The van der Waals surface area contributed by atoms with Crippen molar-refractivity contribution in [1.29, 1.82) is 0 Å². The zero-order valence-electron chi connectivity index (χ0n) is 19.9. The fourth-order valence-corrected chi connectivity index (χ4v) is 2.96. The number of carboxylic acids is 1. The van der Waals surface area contributed by atoms with Gasteiger partial charge in [-0.2, -0.15) is 0 Å². The number of nitrogens with zero attached hydrogens (tertiary/aromatic N) is 2. The first-order chi connectivity index (χ1) is 16.9. The Kier molecular flexibility index (Phi) is 12.4. The van der Waals surface area contributed by atoms with Crippen LogP contribution in [0.2, 0.25) is 0 Å². The van der Waals surface area contributed by atoms with E-state index in [0.717, 1.165) is 0 Å². The molecule has 16 heteroatoms. The van der Waals surface area contributed by atoms with Crippen LogP contribution in [-0.2, 0) is 30.4 Å². The van der Waals surface area contributed by atoms with Crippen molar-refractivity contribution < 1.29 is 29.1 Å². The van der Waals surface area contributed by atoms with Gasteiger partial charge in [-0.25, -0.2) is 4.98 Å². The molecule has 4 unspecified atom stereocenters. The zero-order valence-corrected chi connectivity index (χ0v) is 19.9. The van der Waals surface area contributed by atoms with Gasteiger partial charge in [-0.05, 0) is 26.2 Å². The monoisotopic (exact) mass is 510 g/mol. The molecular formula is C20H34N10O6. The number of amides is 4. The van der Waals surface area contributed by atoms with Gasteiger partial charge in [0.15, 0.2) is 5.96 Å². The summed E-state index contributed by atoms with van der Waals surface area (Å²) in [5.41, 5.74) is 22.1. The third-order valence-corrected chi connectivity index (χ3v) is 4.96. The normalized spacial score (nSPS) is 13.9. The minimum atomic E-state index is -1.29. The second-order valence-electron chi connectivity index (χ2n) is 8.03. The Labute approximate surface area is 207 Å². The van der Waals surface area contributed by atoms with E-state index in [0.29, 0.717) is 12.1 Å². The summed E-state index contributed by atoms with van der Waals surface area (Å²) < 4.78 is 0. The number of aromatic amines is 1. The highest BCUT2D eigenvalue weighted by atomic mass is 16.4. The molecule has 0 aromatic carbocycles. The van der Waals surface area contributed by atoms with Crippen molar-refractivity contribution in [2.75, 3.05) is 6.54 Å². The molecule has 1 rings (SSSR count). The second-order valence-corrected chi connectivity index (χ2v) is 8.03. The van der Waals surface area contributed by atoms with Crippen LogP contribution in [0.4, 0.5) is 0 Å². The summed E-state index contributed by atoms with van der Waals surface area (Å²) in [5, 5.41) is 16.3. The van der Waals surface area contributed by atoms with Gasteiger partial charge >= 0.3 is 5.97 Å². The molecule has 4 amide bonds. The van der Waals surface area contributed by atoms with Gasteiger partial charge in [-0.1, -0.05) is 0 Å². The Morgan fingerprint density at radius 3 is 2.22 bits per heavy atom. The number of nitrogens with one attached hydrogen (secondary N) is 4. The fourth-order valence-electron chi connectivity index (χ4n) is 2.96. The number of imidazole rings is 1. The molecule has 0 spiro atoms. The molecule has 0 saturated carbocycles. The highest BCUT2D eigenvalue weighted by Crippen LogP contribution is 2.05. The number of primary amides is 1. The van der Waals surface area contributed by atoms with E-state index >= 15 is 0 Å². The maximum atomic E-state index is 13.1. The zero-order chi connectivity index (χ0) is 27.3. The molecule has 13 N–H and O–H groups in total. The van der Waals surface area contributed by atoms with E-state index in [2.05, 4.69) is 30.9 Å². The molecule has 4 atom stereocenters. The van der Waals surface area contributed by atoms with E-state index in [1.807, 2.05) is 0 Å². The van der Waals surface area contributed by atoms with Crippen molar-refractivity contribution in [3.05, 3.63) is 18.2 Å². The highest BCUT2D eigenvalue weighted by Gasteiger charge is 2.30. The van der Waals surface area contributed by atoms with Crippen molar-refractivity contribution in [2.45, 2.75) is 63.2 Å². The largest absolute Gasteiger partial charge is 0.480 e. The second kappa shape index (κ2) is 14.9. The van der Waals surface area contributed by atoms with Gasteiger partial charge < -0.3 is 49.0 Å². The number of aliphatic imine (C=N–C) groups is 1. The van der Waals surface area contributed by atoms with E-state index in [-0.39, 0.29) is 38.2 Å². The number of carbonyl (C=O) groups excluding carboxylic acids is 4. The van der Waals surface area contributed by atoms with Gasteiger partial charge in [0.05, 0.1) is 12.4 Å². The Hall–Kier alpha value is -4.21. The van der Waals surface area contributed by atoms with Crippen LogP contribution in [0.1, 0.15) is 38.3 Å². The van der Waals surface area contributed by atoms with Gasteiger partial charge in [0.25, 0.3) is 0 Å². The molecule has 0 radical (unpaired) electrons. The molecule has 0 bridgehead atoms. The molecule has 16 nitrogen and oxygen atoms in total. The summed E-state index contributed by atoms with van der Waals surface area (Å²) in [6.45, 7) is 1.51. The van der Waals surface area contributed by atoms with E-state index in [1.165, 1.54) is 19.4 Å². The first-order valence-electron chi connectivity index (χ1n) is 11.1. The topological polar surface area (TPSA) is 287 Å². The Bertz CT molecular complexity index is 931. The number of nitrogens with two attached hydrogens (primary N) is 4. The SMILES string of the molecule is CC(NC(=O)C(CCC(N)=O)NC(=O)C(Cc1cnc[nH]1)NC(=O)C(N)CCCN=C(N)N)C(=O)O. The Morgan fingerprint density at radius 1 is 1.03 bits per heavy atom. The molecule has 0 fully saturated rings. The molecular weight excluding hydrogens is 476 g/mol. The smallest absolute Gasteiger partial charge is 0.325 e. The van der Waals surface area contributed by atoms with Crippen molar-refractivity contribution in [2.24, 2.45) is 27.9 Å². The van der Waals surface area contributed by atoms with Crippen LogP contribution in [0, 0.1) is 0 Å². The lowest BCUT2D eigenvalue weighted by molar-refractivity contribution is -0.142. The molecule has 0 aliphatic carbocycles. The summed E-state index contributed by atoms with van der Waals surface area (Å²) in [7, 11) is 0. The van der Waals surface area contributed by atoms with Gasteiger partial charge in [0.2, 0.25) is 23.6 Å². The third kappa shape index (κ3) is 11.3. The first kappa shape index (κ1) is 29.8. The lowest BCUT2D eigenvalue weighted by Gasteiger charge is -2.24. The summed E-state index contributed by atoms with van der Waals surface area (Å²) in [5.74, 6) is -4.32. The van der Waals surface area contributed by atoms with Crippen LogP contribution in [0.5, 0.6) is 0 Å². The molecule has 0 aliphatic rings. The highest BCUT2D eigenvalue weighted by molar-refractivity contribution is 5.94. The number of hydrogen-bond acceptors (Lipinski definition) is 8. The van der Waals surface area contributed by atoms with Crippen molar-refractivity contribution >= 4 is 35.6 Å². The van der Waals surface area contributed by atoms with Crippen LogP contribution >= 0.6 is 0 Å². The number of guanidine groups is 1. The maximum Gasteiger partial charge on any atom is 0.325 e. The predicted molar refractivity (Wildman–Crippen MR) is 128 cm³/mol. The third-order valence-electron chi connectivity index (χ3n) is 4.96. The van der Waals surface area contributed by atoms with Crippen LogP contribution in [0.15, 0.2) is 17.5 Å². The lowest BCUT2D eigenvalue weighted by atomic mass is 10.1. The van der Waals surface area contributed by atoms with Gasteiger partial charge in [-0.15, -0.1) is 0 Å². The van der Waals surface area contributed by atoms with Crippen LogP contribution in [0.25, 0.3) is 0 Å². The Morgan fingerprint density at radius 2 is 1.67 bits per heavy atom. The van der Waals surface area contributed by atoms with Crippen molar-refractivity contribution in [3.8, 4) is 0 Å². The van der Waals surface area contributed by atoms with E-state index in [1.54, 1.807) is 0 Å². The molecule has 1 heterocycles. The number of carbonyl (C=O) groups is 5. The maximum absolute atomic E-state index is 13.1. The minimum absolute atomic E-state index is 0.0199. The molecule has 1 aromatic rings. The van der Waals surface area contributed by atoms with E-state index < -0.39 is 53.8 Å². The molecule has 200 valence electrons. The predicted octanol–water partition coefficient (Wildman–Crippen LogP) is -3.84. The number of carboxylic acid groups (broad SMARTS) is 1. The fraction of sp³-hybridized carbons (Fsp3) is 0.550. The van der Waals surface area contributed by atoms with Crippen LogP contribution in [0.3, 0.4) is 0 Å². The number of rotatable bonds is 16. The number of aromatic nitrogens is 2. The average molecular weight is 511 g/mol. The average Bonchev–Trinajstić information content (AvgIpc) is 3.31. The van der Waals surface area contributed by atoms with Crippen molar-refractivity contribution in [3.63, 3.8) is 0 Å². The minimum Gasteiger partial charge on any atom is -0.480 e. The van der Waals surface area contributed by atoms with Crippen molar-refractivity contribution in [1.82, 2.24) is 25.9 Å². The van der Waals surface area contributed by atoms with Gasteiger partial charge in [0.1, 0.15) is 18.1 Å². The van der Waals surface area contributed by atoms with E-state index in [4.69, 9.17) is 28.0 Å². The summed E-state index contributed by atoms with van der Waals surface area (Å²) in [6, 6.07) is -4.69. The van der Waals surface area contributed by atoms with Crippen LogP contribution < -0.4 is 38.9 Å². The summed E-state index contributed by atoms with van der Waals surface area (Å²) in [4.78, 5) is 71.1. The number of hydrogen-bond donors (Lipinski definition) is 9. The molecule has 1 aromatic heterocycles. The summed E-state index contributed by atoms with van der Waals surface area (Å²) >= 11 is 0. The van der Waals surface area contributed by atoms with Gasteiger partial charge in [0, 0.05) is 31.3 Å². The lowest BCUT2D eigenvalue weighted by Crippen LogP contribution is -2.57.